The average molecular weight is 407 g/mol. The van der Waals surface area contributed by atoms with Crippen molar-refractivity contribution < 1.29 is 9.26 Å². The highest BCUT2D eigenvalue weighted by atomic mass is 16.5. The third-order valence-electron chi connectivity index (χ3n) is 4.70. The number of aromatic nitrogens is 7. The molecule has 11 heteroatoms. The third kappa shape index (κ3) is 3.60. The van der Waals surface area contributed by atoms with Crippen LogP contribution in [0.1, 0.15) is 5.82 Å². The SMILES string of the molecule is CN(C)Cc1noc(-c2ccc3nc(-n4ccnc4)nc(N4CCOCC4)c3n2)n1. The largest absolute Gasteiger partial charge is 0.378 e. The lowest BCUT2D eigenvalue weighted by Gasteiger charge is -2.28. The van der Waals surface area contributed by atoms with Crippen LogP contribution in [0.25, 0.3) is 28.6 Å². The molecule has 1 aliphatic rings. The van der Waals surface area contributed by atoms with Gasteiger partial charge < -0.3 is 19.1 Å². The molecule has 5 rings (SSSR count). The Hall–Kier alpha value is -3.44. The molecular weight excluding hydrogens is 386 g/mol. The Balaban J connectivity index is 1.61. The number of morpholine rings is 1. The van der Waals surface area contributed by atoms with Gasteiger partial charge in [0.05, 0.1) is 25.3 Å². The van der Waals surface area contributed by atoms with Crippen molar-refractivity contribution in [1.82, 2.24) is 39.5 Å². The molecule has 4 aromatic heterocycles. The fourth-order valence-electron chi connectivity index (χ4n) is 3.30. The van der Waals surface area contributed by atoms with Crippen LogP contribution in [0.5, 0.6) is 0 Å². The predicted octanol–water partition coefficient (Wildman–Crippen LogP) is 1.16. The Morgan fingerprint density at radius 2 is 1.93 bits per heavy atom. The summed E-state index contributed by atoms with van der Waals surface area (Å²) in [5.74, 6) is 2.28. The first-order valence-corrected chi connectivity index (χ1v) is 9.65. The van der Waals surface area contributed by atoms with Gasteiger partial charge >= 0.3 is 0 Å². The van der Waals surface area contributed by atoms with E-state index in [2.05, 4.69) is 25.0 Å². The molecule has 0 spiro atoms. The first-order chi connectivity index (χ1) is 14.7. The molecule has 0 unspecified atom stereocenters. The van der Waals surface area contributed by atoms with Crippen LogP contribution in [0.4, 0.5) is 5.82 Å². The molecule has 0 saturated carbocycles. The Kier molecular flexibility index (Phi) is 4.81. The van der Waals surface area contributed by atoms with Gasteiger partial charge in [-0.1, -0.05) is 5.16 Å². The zero-order chi connectivity index (χ0) is 20.5. The average Bonchev–Trinajstić information content (AvgIpc) is 3.45. The quantitative estimate of drug-likeness (QED) is 0.478. The van der Waals surface area contributed by atoms with Crippen molar-refractivity contribution >= 4 is 16.9 Å². The molecule has 0 aromatic carbocycles. The maximum Gasteiger partial charge on any atom is 0.276 e. The van der Waals surface area contributed by atoms with Crippen molar-refractivity contribution in [2.24, 2.45) is 0 Å². The van der Waals surface area contributed by atoms with Crippen LogP contribution in [0, 0.1) is 0 Å². The van der Waals surface area contributed by atoms with Gasteiger partial charge in [0.2, 0.25) is 5.95 Å². The van der Waals surface area contributed by atoms with Gasteiger partial charge in [0, 0.05) is 25.5 Å². The van der Waals surface area contributed by atoms with E-state index in [4.69, 9.17) is 19.2 Å². The van der Waals surface area contributed by atoms with Gasteiger partial charge in [0.15, 0.2) is 11.6 Å². The van der Waals surface area contributed by atoms with Crippen LogP contribution in [0.3, 0.4) is 0 Å². The number of hydrogen-bond donors (Lipinski definition) is 0. The Morgan fingerprint density at radius 3 is 2.70 bits per heavy atom. The van der Waals surface area contributed by atoms with E-state index < -0.39 is 0 Å². The van der Waals surface area contributed by atoms with Crippen molar-refractivity contribution in [2.75, 3.05) is 45.3 Å². The van der Waals surface area contributed by atoms with E-state index >= 15 is 0 Å². The van der Waals surface area contributed by atoms with Crippen molar-refractivity contribution in [3.63, 3.8) is 0 Å². The van der Waals surface area contributed by atoms with E-state index in [1.807, 2.05) is 37.3 Å². The number of ether oxygens (including phenoxy) is 1. The van der Waals surface area contributed by atoms with Gasteiger partial charge in [-0.2, -0.15) is 9.97 Å². The molecule has 30 heavy (non-hydrogen) atoms. The lowest BCUT2D eigenvalue weighted by atomic mass is 10.2. The molecule has 1 aliphatic heterocycles. The Bertz CT molecular complexity index is 1150. The summed E-state index contributed by atoms with van der Waals surface area (Å²) in [7, 11) is 3.90. The Morgan fingerprint density at radius 1 is 1.07 bits per heavy atom. The molecule has 0 atom stereocenters. The van der Waals surface area contributed by atoms with Gasteiger partial charge in [-0.05, 0) is 26.2 Å². The van der Waals surface area contributed by atoms with E-state index in [9.17, 15) is 0 Å². The monoisotopic (exact) mass is 407 g/mol. The minimum absolute atomic E-state index is 0.375. The van der Waals surface area contributed by atoms with E-state index in [1.165, 1.54) is 0 Å². The van der Waals surface area contributed by atoms with Crippen LogP contribution in [0.2, 0.25) is 0 Å². The molecule has 1 fully saturated rings. The molecule has 0 aliphatic carbocycles. The maximum atomic E-state index is 5.51. The molecule has 154 valence electrons. The molecular formula is C19H21N9O2. The first-order valence-electron chi connectivity index (χ1n) is 9.65. The number of pyridine rings is 1. The highest BCUT2D eigenvalue weighted by Gasteiger charge is 2.21. The summed E-state index contributed by atoms with van der Waals surface area (Å²) in [5, 5.41) is 4.04. The number of anilines is 1. The smallest absolute Gasteiger partial charge is 0.276 e. The summed E-state index contributed by atoms with van der Waals surface area (Å²) in [5.41, 5.74) is 2.01. The Labute approximate surface area is 172 Å². The third-order valence-corrected chi connectivity index (χ3v) is 4.70. The molecule has 5 heterocycles. The van der Waals surface area contributed by atoms with E-state index in [1.54, 1.807) is 17.1 Å². The molecule has 0 bridgehead atoms. The first kappa shape index (κ1) is 18.6. The van der Waals surface area contributed by atoms with Crippen molar-refractivity contribution in [2.45, 2.75) is 6.54 Å². The second kappa shape index (κ2) is 7.76. The number of hydrogen-bond acceptors (Lipinski definition) is 10. The fourth-order valence-corrected chi connectivity index (χ4v) is 3.30. The number of imidazole rings is 1. The van der Waals surface area contributed by atoms with Gasteiger partial charge in [-0.15, -0.1) is 0 Å². The normalized spacial score (nSPS) is 14.7. The maximum absolute atomic E-state index is 5.51. The molecule has 11 nitrogen and oxygen atoms in total. The van der Waals surface area contributed by atoms with Crippen LogP contribution in [-0.2, 0) is 11.3 Å². The van der Waals surface area contributed by atoms with E-state index in [0.717, 1.165) is 24.4 Å². The second-order valence-electron chi connectivity index (χ2n) is 7.23. The summed E-state index contributed by atoms with van der Waals surface area (Å²) >= 11 is 0. The number of rotatable bonds is 5. The zero-order valence-electron chi connectivity index (χ0n) is 16.8. The van der Waals surface area contributed by atoms with E-state index in [-0.39, 0.29) is 0 Å². The van der Waals surface area contributed by atoms with Gasteiger partial charge in [-0.3, -0.25) is 4.57 Å². The molecule has 4 aromatic rings. The van der Waals surface area contributed by atoms with Crippen molar-refractivity contribution in [1.29, 1.82) is 0 Å². The predicted molar refractivity (Wildman–Crippen MR) is 108 cm³/mol. The van der Waals surface area contributed by atoms with Crippen molar-refractivity contribution in [3.05, 3.63) is 36.7 Å². The van der Waals surface area contributed by atoms with E-state index in [0.29, 0.717) is 48.6 Å². The number of nitrogens with zero attached hydrogens (tertiary/aromatic N) is 9. The van der Waals surface area contributed by atoms with Crippen LogP contribution >= 0.6 is 0 Å². The number of fused-ring (bicyclic) bond motifs is 1. The lowest BCUT2D eigenvalue weighted by Crippen LogP contribution is -2.37. The summed E-state index contributed by atoms with van der Waals surface area (Å²) in [6, 6.07) is 3.74. The summed E-state index contributed by atoms with van der Waals surface area (Å²) in [6.45, 7) is 3.34. The fraction of sp³-hybridized carbons (Fsp3) is 0.368. The lowest BCUT2D eigenvalue weighted by molar-refractivity contribution is 0.122. The van der Waals surface area contributed by atoms with Gasteiger partial charge in [0.25, 0.3) is 5.89 Å². The van der Waals surface area contributed by atoms with Crippen molar-refractivity contribution in [3.8, 4) is 17.5 Å². The minimum Gasteiger partial charge on any atom is -0.378 e. The van der Waals surface area contributed by atoms with Gasteiger partial charge in [-0.25, -0.2) is 15.0 Å². The topological polar surface area (TPSA) is 111 Å². The summed E-state index contributed by atoms with van der Waals surface area (Å²) in [4.78, 5) is 27.0. The highest BCUT2D eigenvalue weighted by molar-refractivity contribution is 5.87. The highest BCUT2D eigenvalue weighted by Crippen LogP contribution is 2.27. The standard InChI is InChI=1S/C19H21N9O2/c1-26(2)11-15-23-18(30-25-15)14-4-3-13-16(21-14)17(27-7-9-29-10-8-27)24-19(22-13)28-6-5-20-12-28/h3-6,12H,7-11H2,1-2H3. The second-order valence-corrected chi connectivity index (χ2v) is 7.23. The van der Waals surface area contributed by atoms with Gasteiger partial charge in [0.1, 0.15) is 17.5 Å². The molecule has 0 amide bonds. The van der Waals surface area contributed by atoms with Crippen LogP contribution in [-0.4, -0.2) is 79.9 Å². The van der Waals surface area contributed by atoms with Crippen LogP contribution < -0.4 is 4.90 Å². The molecule has 1 saturated heterocycles. The summed E-state index contributed by atoms with van der Waals surface area (Å²) < 4.78 is 12.7. The molecule has 0 radical (unpaired) electrons. The minimum atomic E-state index is 0.375. The zero-order valence-corrected chi connectivity index (χ0v) is 16.8. The van der Waals surface area contributed by atoms with Crippen LogP contribution in [0.15, 0.2) is 35.4 Å². The molecule has 0 N–H and O–H groups in total. The summed E-state index contributed by atoms with van der Waals surface area (Å²) in [6.07, 6.45) is 5.19.